The summed E-state index contributed by atoms with van der Waals surface area (Å²) in [5.74, 6) is 0.477. The number of anilines is 3. The Kier molecular flexibility index (Phi) is 4.49. The van der Waals surface area contributed by atoms with Crippen LogP contribution in [0.25, 0.3) is 0 Å². The molecule has 0 aromatic heterocycles. The summed E-state index contributed by atoms with van der Waals surface area (Å²) in [4.78, 5) is 11.5. The van der Waals surface area contributed by atoms with Crippen LogP contribution in [0, 0.1) is 5.92 Å². The van der Waals surface area contributed by atoms with Gasteiger partial charge >= 0.3 is 0 Å². The number of hydrogen-bond donors (Lipinski definition) is 3. The fraction of sp³-hybridized carbons (Fsp3) is 0.533. The minimum Gasteiger partial charge on any atom is -0.397 e. The maximum atomic E-state index is 11.5. The van der Waals surface area contributed by atoms with Gasteiger partial charge in [-0.2, -0.15) is 0 Å². The molecule has 110 valence electrons. The third-order valence-electron chi connectivity index (χ3n) is 3.66. The van der Waals surface area contributed by atoms with Crippen molar-refractivity contribution in [2.24, 2.45) is 5.92 Å². The van der Waals surface area contributed by atoms with Crippen LogP contribution in [0.15, 0.2) is 12.1 Å². The molecule has 1 aliphatic heterocycles. The molecule has 1 aliphatic rings. The lowest BCUT2D eigenvalue weighted by Gasteiger charge is -2.25. The summed E-state index contributed by atoms with van der Waals surface area (Å²) in [6.45, 7) is 4.88. The Morgan fingerprint density at radius 1 is 1.40 bits per heavy atom. The Morgan fingerprint density at radius 3 is 2.80 bits per heavy atom. The van der Waals surface area contributed by atoms with Crippen LogP contribution >= 0.6 is 0 Å². The van der Waals surface area contributed by atoms with Crippen LogP contribution < -0.4 is 16.4 Å². The zero-order valence-electron chi connectivity index (χ0n) is 12.3. The molecule has 0 radical (unpaired) electrons. The third kappa shape index (κ3) is 3.22. The molecule has 0 saturated carbocycles. The highest BCUT2D eigenvalue weighted by Gasteiger charge is 2.19. The first-order valence-corrected chi connectivity index (χ1v) is 6.99. The van der Waals surface area contributed by atoms with E-state index in [1.807, 2.05) is 12.1 Å². The second kappa shape index (κ2) is 6.13. The number of nitrogens with two attached hydrogens (primary N) is 1. The molecule has 1 aromatic carbocycles. The van der Waals surface area contributed by atoms with Gasteiger partial charge in [0.05, 0.1) is 24.0 Å². The van der Waals surface area contributed by atoms with Gasteiger partial charge in [0.25, 0.3) is 0 Å². The van der Waals surface area contributed by atoms with E-state index in [1.54, 1.807) is 7.11 Å². The van der Waals surface area contributed by atoms with Crippen molar-refractivity contribution in [3.05, 3.63) is 17.7 Å². The fourth-order valence-electron chi connectivity index (χ4n) is 2.35. The van der Waals surface area contributed by atoms with Gasteiger partial charge in [-0.05, 0) is 30.0 Å². The van der Waals surface area contributed by atoms with Crippen LogP contribution in [0.2, 0.25) is 0 Å². The number of amides is 1. The van der Waals surface area contributed by atoms with Crippen molar-refractivity contribution < 1.29 is 9.53 Å². The minimum absolute atomic E-state index is 0.0607. The smallest absolute Gasteiger partial charge is 0.224 e. The number of rotatable bonds is 5. The predicted molar refractivity (Wildman–Crippen MR) is 81.9 cm³/mol. The van der Waals surface area contributed by atoms with Gasteiger partial charge in [0.2, 0.25) is 5.91 Å². The highest BCUT2D eigenvalue weighted by atomic mass is 16.5. The minimum atomic E-state index is 0.0607. The summed E-state index contributed by atoms with van der Waals surface area (Å²) in [6.07, 6.45) is 1.27. The molecule has 0 spiro atoms. The summed E-state index contributed by atoms with van der Waals surface area (Å²) < 4.78 is 5.23. The van der Waals surface area contributed by atoms with Gasteiger partial charge < -0.3 is 21.1 Å². The largest absolute Gasteiger partial charge is 0.397 e. The molecule has 5 nitrogen and oxygen atoms in total. The van der Waals surface area contributed by atoms with Crippen molar-refractivity contribution in [2.75, 3.05) is 30.1 Å². The van der Waals surface area contributed by atoms with Gasteiger partial charge in [-0.1, -0.05) is 13.8 Å². The predicted octanol–water partition coefficient (Wildman–Crippen LogP) is 2.24. The number of ether oxygens (including phenoxy) is 1. The van der Waals surface area contributed by atoms with Crippen molar-refractivity contribution in [3.63, 3.8) is 0 Å². The molecule has 4 N–H and O–H groups in total. The third-order valence-corrected chi connectivity index (χ3v) is 3.66. The lowest BCUT2D eigenvalue weighted by molar-refractivity contribution is -0.116. The number of hydrogen-bond acceptors (Lipinski definition) is 4. The van der Waals surface area contributed by atoms with Crippen LogP contribution in [0.4, 0.5) is 17.1 Å². The number of methoxy groups -OCH3 is 1. The standard InChI is InChI=1S/C15H23N3O2/c1-9(2)14(8-20-3)17-13-7-12-10(6-11(13)16)4-5-15(19)18-12/h6-7,9,14,17H,4-5,8,16H2,1-3H3,(H,18,19). The van der Waals surface area contributed by atoms with Gasteiger partial charge in [-0.25, -0.2) is 0 Å². The highest BCUT2D eigenvalue weighted by molar-refractivity contribution is 5.95. The first-order valence-electron chi connectivity index (χ1n) is 6.99. The Hall–Kier alpha value is -1.75. The number of carbonyl (C=O) groups is 1. The lowest BCUT2D eigenvalue weighted by Crippen LogP contribution is -2.31. The molecular formula is C15H23N3O2. The number of aryl methyl sites for hydroxylation is 1. The molecule has 1 unspecified atom stereocenters. The molecule has 2 rings (SSSR count). The zero-order chi connectivity index (χ0) is 14.7. The maximum absolute atomic E-state index is 11.5. The van der Waals surface area contributed by atoms with Gasteiger partial charge in [0, 0.05) is 19.2 Å². The molecule has 5 heteroatoms. The molecule has 1 amide bonds. The Labute approximate surface area is 119 Å². The molecule has 0 saturated heterocycles. The van der Waals surface area contributed by atoms with Crippen LogP contribution in [-0.4, -0.2) is 25.7 Å². The second-order valence-electron chi connectivity index (χ2n) is 5.59. The number of carbonyl (C=O) groups excluding carboxylic acids is 1. The average Bonchev–Trinajstić information content (AvgIpc) is 2.39. The zero-order valence-corrected chi connectivity index (χ0v) is 12.3. The van der Waals surface area contributed by atoms with E-state index < -0.39 is 0 Å². The van der Waals surface area contributed by atoms with E-state index in [1.165, 1.54) is 0 Å². The summed E-state index contributed by atoms with van der Waals surface area (Å²) in [5.41, 5.74) is 9.62. The summed E-state index contributed by atoms with van der Waals surface area (Å²) in [7, 11) is 1.69. The molecule has 1 heterocycles. The molecule has 1 atom stereocenters. The van der Waals surface area contributed by atoms with E-state index in [0.717, 1.165) is 23.4 Å². The summed E-state index contributed by atoms with van der Waals surface area (Å²) >= 11 is 0. The average molecular weight is 277 g/mol. The topological polar surface area (TPSA) is 76.4 Å². The SMILES string of the molecule is COCC(Nc1cc2c(cc1N)CCC(=O)N2)C(C)C. The molecule has 20 heavy (non-hydrogen) atoms. The number of nitrogen functional groups attached to an aromatic ring is 1. The van der Waals surface area contributed by atoms with E-state index in [9.17, 15) is 4.79 Å². The first-order chi connectivity index (χ1) is 9.51. The van der Waals surface area contributed by atoms with E-state index in [0.29, 0.717) is 24.6 Å². The molecule has 0 aliphatic carbocycles. The number of benzene rings is 1. The Morgan fingerprint density at radius 2 is 2.15 bits per heavy atom. The van der Waals surface area contributed by atoms with Gasteiger partial charge in [-0.15, -0.1) is 0 Å². The molecule has 0 bridgehead atoms. The van der Waals surface area contributed by atoms with Gasteiger partial charge in [0.1, 0.15) is 0 Å². The van der Waals surface area contributed by atoms with E-state index >= 15 is 0 Å². The van der Waals surface area contributed by atoms with E-state index in [-0.39, 0.29) is 11.9 Å². The monoisotopic (exact) mass is 277 g/mol. The maximum Gasteiger partial charge on any atom is 0.224 e. The first kappa shape index (κ1) is 14.7. The quantitative estimate of drug-likeness (QED) is 0.721. The van der Waals surface area contributed by atoms with E-state index in [2.05, 4.69) is 24.5 Å². The van der Waals surface area contributed by atoms with Gasteiger partial charge in [0.15, 0.2) is 0 Å². The summed E-state index contributed by atoms with van der Waals surface area (Å²) in [6, 6.07) is 4.05. The van der Waals surface area contributed by atoms with Crippen molar-refractivity contribution in [1.29, 1.82) is 0 Å². The second-order valence-corrected chi connectivity index (χ2v) is 5.59. The van der Waals surface area contributed by atoms with Crippen molar-refractivity contribution in [3.8, 4) is 0 Å². The normalized spacial score (nSPS) is 15.7. The molecule has 0 fully saturated rings. The molecular weight excluding hydrogens is 254 g/mol. The number of nitrogens with one attached hydrogen (secondary N) is 2. The van der Waals surface area contributed by atoms with Crippen LogP contribution in [0.3, 0.4) is 0 Å². The Balaban J connectivity index is 2.23. The molecule has 1 aromatic rings. The van der Waals surface area contributed by atoms with Gasteiger partial charge in [-0.3, -0.25) is 4.79 Å². The van der Waals surface area contributed by atoms with Crippen LogP contribution in [0.5, 0.6) is 0 Å². The van der Waals surface area contributed by atoms with Crippen molar-refractivity contribution in [2.45, 2.75) is 32.7 Å². The highest BCUT2D eigenvalue weighted by Crippen LogP contribution is 2.31. The van der Waals surface area contributed by atoms with E-state index in [4.69, 9.17) is 10.5 Å². The van der Waals surface area contributed by atoms with Crippen LogP contribution in [0.1, 0.15) is 25.8 Å². The number of fused-ring (bicyclic) bond motifs is 1. The lowest BCUT2D eigenvalue weighted by atomic mass is 10.00. The van der Waals surface area contributed by atoms with Crippen molar-refractivity contribution >= 4 is 23.0 Å². The van der Waals surface area contributed by atoms with Crippen molar-refractivity contribution in [1.82, 2.24) is 0 Å². The summed E-state index contributed by atoms with van der Waals surface area (Å²) in [5, 5.41) is 6.31. The van der Waals surface area contributed by atoms with Crippen LogP contribution in [-0.2, 0) is 16.0 Å². The Bertz CT molecular complexity index is 500. The fourth-order valence-corrected chi connectivity index (χ4v) is 2.35.